The van der Waals surface area contributed by atoms with Crippen molar-refractivity contribution in [3.05, 3.63) is 0 Å². The predicted molar refractivity (Wildman–Crippen MR) is 85.6 cm³/mol. The van der Waals surface area contributed by atoms with E-state index in [1.807, 2.05) is 0 Å². The molecule has 0 unspecified atom stereocenters. The Morgan fingerprint density at radius 3 is 2.48 bits per heavy atom. The fraction of sp³-hybridized carbons (Fsp3) is 0.947. The lowest BCUT2D eigenvalue weighted by Gasteiger charge is -2.64. The van der Waals surface area contributed by atoms with Crippen molar-refractivity contribution >= 4 is 5.78 Å². The number of carbonyl (C=O) groups is 1. The number of fused-ring (bicyclic) bond motifs is 5. The second kappa shape index (κ2) is 4.80. The Morgan fingerprint density at radius 1 is 1.00 bits per heavy atom. The molecule has 4 nitrogen and oxygen atoms in total. The number of hydrogen-bond donors (Lipinski definition) is 3. The molecule has 130 valence electrons. The number of rotatable bonds is 0. The van der Waals surface area contributed by atoms with E-state index in [1.165, 1.54) is 0 Å². The highest BCUT2D eigenvalue weighted by molar-refractivity contribution is 5.81. The van der Waals surface area contributed by atoms with Crippen molar-refractivity contribution in [2.24, 2.45) is 28.6 Å². The van der Waals surface area contributed by atoms with Crippen molar-refractivity contribution < 1.29 is 20.1 Å². The van der Waals surface area contributed by atoms with Crippen molar-refractivity contribution in [3.63, 3.8) is 0 Å². The van der Waals surface area contributed by atoms with E-state index in [0.717, 1.165) is 25.7 Å². The molecule has 4 saturated carbocycles. The van der Waals surface area contributed by atoms with Crippen LogP contribution < -0.4 is 0 Å². The molecule has 0 aromatic carbocycles. The quantitative estimate of drug-likeness (QED) is 0.638. The van der Waals surface area contributed by atoms with Gasteiger partial charge in [0.2, 0.25) is 0 Å². The van der Waals surface area contributed by atoms with Crippen molar-refractivity contribution in [1.82, 2.24) is 0 Å². The second-order valence-corrected chi connectivity index (χ2v) is 9.32. The highest BCUT2D eigenvalue weighted by Crippen LogP contribution is 2.66. The Balaban J connectivity index is 1.72. The topological polar surface area (TPSA) is 77.8 Å². The monoisotopic (exact) mass is 322 g/mol. The van der Waals surface area contributed by atoms with Gasteiger partial charge in [0.05, 0.1) is 12.2 Å². The van der Waals surface area contributed by atoms with Gasteiger partial charge in [-0.1, -0.05) is 13.8 Å². The van der Waals surface area contributed by atoms with Crippen LogP contribution in [0.2, 0.25) is 0 Å². The zero-order valence-electron chi connectivity index (χ0n) is 14.3. The Labute approximate surface area is 138 Å². The van der Waals surface area contributed by atoms with Gasteiger partial charge in [0.15, 0.2) is 0 Å². The summed E-state index contributed by atoms with van der Waals surface area (Å²) < 4.78 is 0. The molecule has 0 aromatic heterocycles. The molecule has 0 amide bonds. The first-order valence-electron chi connectivity index (χ1n) is 9.32. The van der Waals surface area contributed by atoms with Crippen LogP contribution in [0, 0.1) is 28.6 Å². The summed E-state index contributed by atoms with van der Waals surface area (Å²) in [6.45, 7) is 4.32. The molecule has 0 aliphatic heterocycles. The maximum absolute atomic E-state index is 11.9. The van der Waals surface area contributed by atoms with Gasteiger partial charge < -0.3 is 15.3 Å². The molecule has 4 aliphatic carbocycles. The van der Waals surface area contributed by atoms with E-state index in [4.69, 9.17) is 0 Å². The van der Waals surface area contributed by atoms with E-state index in [2.05, 4.69) is 13.8 Å². The summed E-state index contributed by atoms with van der Waals surface area (Å²) in [5.41, 5.74) is -1.66. The van der Waals surface area contributed by atoms with E-state index in [0.29, 0.717) is 37.0 Å². The van der Waals surface area contributed by atoms with Crippen molar-refractivity contribution in [2.45, 2.75) is 83.0 Å². The molecule has 0 saturated heterocycles. The predicted octanol–water partition coefficient (Wildman–Crippen LogP) is 2.04. The minimum absolute atomic E-state index is 0.0306. The number of carbonyl (C=O) groups excluding carboxylic acids is 1. The Hall–Kier alpha value is -0.450. The van der Waals surface area contributed by atoms with Crippen molar-refractivity contribution in [2.75, 3.05) is 0 Å². The lowest BCUT2D eigenvalue weighted by Crippen LogP contribution is -2.68. The third kappa shape index (κ3) is 1.86. The molecular formula is C19H30O4. The number of aliphatic hydroxyl groups is 3. The first-order valence-corrected chi connectivity index (χ1v) is 9.32. The summed E-state index contributed by atoms with van der Waals surface area (Å²) in [5.74, 6) is 1.23. The number of ketones is 1. The Morgan fingerprint density at radius 2 is 1.74 bits per heavy atom. The highest BCUT2D eigenvalue weighted by atomic mass is 16.3. The van der Waals surface area contributed by atoms with E-state index >= 15 is 0 Å². The van der Waals surface area contributed by atoms with Gasteiger partial charge in [-0.2, -0.15) is 0 Å². The molecule has 4 rings (SSSR count). The fourth-order valence-electron chi connectivity index (χ4n) is 7.04. The fourth-order valence-corrected chi connectivity index (χ4v) is 7.04. The highest BCUT2D eigenvalue weighted by Gasteiger charge is 2.67. The molecule has 8 atom stereocenters. The summed E-state index contributed by atoms with van der Waals surface area (Å²) in [4.78, 5) is 11.9. The van der Waals surface area contributed by atoms with Gasteiger partial charge in [-0.05, 0) is 61.7 Å². The standard InChI is InChI=1S/C19H30O4/c1-17-7-6-14-12(13(17)3-4-15(17)21)9-16(22)19(23)10-11(20)5-8-18(14,19)2/h12-16,21-23H,3-10H2,1-2H3/t12-,13-,14-,15-,16+,17-,18+,19-/m0/s1. The van der Waals surface area contributed by atoms with E-state index in [-0.39, 0.29) is 29.1 Å². The molecule has 0 aromatic rings. The van der Waals surface area contributed by atoms with Crippen LogP contribution in [0.4, 0.5) is 0 Å². The van der Waals surface area contributed by atoms with Gasteiger partial charge in [0.1, 0.15) is 11.4 Å². The number of aliphatic hydroxyl groups excluding tert-OH is 2. The molecule has 4 fully saturated rings. The van der Waals surface area contributed by atoms with Gasteiger partial charge >= 0.3 is 0 Å². The third-order valence-corrected chi connectivity index (χ3v) is 8.63. The molecular weight excluding hydrogens is 292 g/mol. The molecule has 0 heterocycles. The summed E-state index contributed by atoms with van der Waals surface area (Å²) in [7, 11) is 0. The molecule has 4 heteroatoms. The summed E-state index contributed by atoms with van der Waals surface area (Å²) in [6, 6.07) is 0. The molecule has 0 bridgehead atoms. The maximum Gasteiger partial charge on any atom is 0.135 e. The van der Waals surface area contributed by atoms with E-state index in [1.54, 1.807) is 0 Å². The van der Waals surface area contributed by atoms with Crippen LogP contribution in [0.3, 0.4) is 0 Å². The minimum Gasteiger partial charge on any atom is -0.393 e. The van der Waals surface area contributed by atoms with Crippen LogP contribution in [0.5, 0.6) is 0 Å². The average molecular weight is 322 g/mol. The van der Waals surface area contributed by atoms with Crippen LogP contribution in [-0.2, 0) is 4.79 Å². The molecule has 0 radical (unpaired) electrons. The van der Waals surface area contributed by atoms with Gasteiger partial charge in [0, 0.05) is 18.3 Å². The number of hydrogen-bond acceptors (Lipinski definition) is 4. The van der Waals surface area contributed by atoms with E-state index in [9.17, 15) is 20.1 Å². The summed E-state index contributed by atoms with van der Waals surface area (Å²) >= 11 is 0. The lowest BCUT2D eigenvalue weighted by atomic mass is 9.43. The lowest BCUT2D eigenvalue weighted by molar-refractivity contribution is -0.249. The molecule has 0 spiro atoms. The first-order chi connectivity index (χ1) is 10.7. The maximum atomic E-state index is 11.9. The van der Waals surface area contributed by atoms with Crippen LogP contribution in [-0.4, -0.2) is 38.9 Å². The van der Waals surface area contributed by atoms with Gasteiger partial charge in [-0.25, -0.2) is 0 Å². The SMILES string of the molecule is C[C@]12CC[C@H]3[C@@H](C[C@@H](O)[C@@]4(O)CC(=O)CC[C@]34C)[C@@H]1CC[C@@H]2O. The largest absolute Gasteiger partial charge is 0.393 e. The van der Waals surface area contributed by atoms with Crippen LogP contribution in [0.1, 0.15) is 65.2 Å². The molecule has 3 N–H and O–H groups in total. The summed E-state index contributed by atoms with van der Waals surface area (Å²) in [5, 5.41) is 32.5. The average Bonchev–Trinajstić information content (AvgIpc) is 2.79. The zero-order valence-corrected chi connectivity index (χ0v) is 14.3. The third-order valence-electron chi connectivity index (χ3n) is 8.63. The smallest absolute Gasteiger partial charge is 0.135 e. The normalized spacial score (nSPS) is 59.2. The van der Waals surface area contributed by atoms with Crippen LogP contribution in [0.25, 0.3) is 0 Å². The summed E-state index contributed by atoms with van der Waals surface area (Å²) in [6.07, 6.45) is 4.73. The first kappa shape index (κ1) is 16.0. The van der Waals surface area contributed by atoms with E-state index < -0.39 is 11.7 Å². The molecule has 23 heavy (non-hydrogen) atoms. The van der Waals surface area contributed by atoms with Crippen LogP contribution >= 0.6 is 0 Å². The second-order valence-electron chi connectivity index (χ2n) is 9.32. The number of Topliss-reactive ketones (excluding diaryl/α,β-unsaturated/α-hetero) is 1. The molecule has 4 aliphatic rings. The van der Waals surface area contributed by atoms with Crippen molar-refractivity contribution in [3.8, 4) is 0 Å². The Bertz CT molecular complexity index is 533. The Kier molecular flexibility index (Phi) is 3.35. The van der Waals surface area contributed by atoms with Crippen molar-refractivity contribution in [1.29, 1.82) is 0 Å². The van der Waals surface area contributed by atoms with Gasteiger partial charge in [0.25, 0.3) is 0 Å². The zero-order chi connectivity index (χ0) is 16.6. The minimum atomic E-state index is -1.26. The van der Waals surface area contributed by atoms with Gasteiger partial charge in [-0.3, -0.25) is 4.79 Å². The van der Waals surface area contributed by atoms with Gasteiger partial charge in [-0.15, -0.1) is 0 Å². The van der Waals surface area contributed by atoms with Crippen LogP contribution in [0.15, 0.2) is 0 Å².